The molecule has 0 bridgehead atoms. The molecule has 0 saturated carbocycles. The van der Waals surface area contributed by atoms with E-state index in [1.807, 2.05) is 0 Å². The first-order chi connectivity index (χ1) is 4.15. The van der Waals surface area contributed by atoms with Gasteiger partial charge in [0, 0.05) is 0 Å². The van der Waals surface area contributed by atoms with E-state index in [1.54, 1.807) is 0 Å². The van der Waals surface area contributed by atoms with Gasteiger partial charge in [-0.1, -0.05) is 0 Å². The molecule has 0 rings (SSSR count). The summed E-state index contributed by atoms with van der Waals surface area (Å²) in [6, 6.07) is 0. The van der Waals surface area contributed by atoms with Crippen molar-refractivity contribution in [3.63, 3.8) is 0 Å². The first-order valence-corrected chi connectivity index (χ1v) is 10.7. The molecular weight excluding hydrogens is 223 g/mol. The van der Waals surface area contributed by atoms with Crippen LogP contribution in [0.1, 0.15) is 41.5 Å². The van der Waals surface area contributed by atoms with E-state index in [2.05, 4.69) is 46.2 Å². The van der Waals surface area contributed by atoms with Crippen LogP contribution in [0.5, 0.6) is 0 Å². The molecule has 0 aliphatic rings. The molecule has 0 aromatic rings. The van der Waals surface area contributed by atoms with Crippen LogP contribution in [0.2, 0.25) is 11.0 Å². The Bertz CT molecular complexity index is 88.9. The van der Waals surface area contributed by atoms with Gasteiger partial charge < -0.3 is 0 Å². The fraction of sp³-hybridized carbons (Fsp3) is 1.00. The van der Waals surface area contributed by atoms with Crippen molar-refractivity contribution >= 4 is 21.4 Å². The van der Waals surface area contributed by atoms with Crippen LogP contribution in [0.15, 0.2) is 0 Å². The zero-order valence-corrected chi connectivity index (χ0v) is 11.9. The van der Waals surface area contributed by atoms with Crippen molar-refractivity contribution in [2.45, 2.75) is 52.6 Å². The Kier molecular flexibility index (Phi) is 3.35. The SMILES string of the molecule is [CH3][In]([C](C)(C)C)[C](C)(C)C. The fourth-order valence-electron chi connectivity index (χ4n) is 1.30. The van der Waals surface area contributed by atoms with E-state index in [1.165, 1.54) is 0 Å². The summed E-state index contributed by atoms with van der Waals surface area (Å²) in [6.45, 7) is 14.4. The van der Waals surface area contributed by atoms with Crippen LogP contribution in [0.25, 0.3) is 0 Å². The zero-order chi connectivity index (χ0) is 8.58. The first-order valence-electron chi connectivity index (χ1n) is 4.15. The van der Waals surface area contributed by atoms with Gasteiger partial charge in [-0.2, -0.15) is 0 Å². The fourth-order valence-corrected chi connectivity index (χ4v) is 8.71. The predicted octanol–water partition coefficient (Wildman–Crippen LogP) is 3.71. The Morgan fingerprint density at radius 2 is 0.900 bits per heavy atom. The van der Waals surface area contributed by atoms with Crippen molar-refractivity contribution in [3.05, 3.63) is 0 Å². The normalized spacial score (nSPS) is 13.5. The second-order valence-electron chi connectivity index (χ2n) is 5.45. The Hall–Kier alpha value is 0.870. The average Bonchev–Trinajstić information content (AvgIpc) is 1.59. The molecule has 0 aromatic carbocycles. The van der Waals surface area contributed by atoms with E-state index < -0.39 is 21.4 Å². The van der Waals surface area contributed by atoms with Crippen LogP contribution >= 0.6 is 0 Å². The van der Waals surface area contributed by atoms with E-state index >= 15 is 0 Å². The molecule has 0 aliphatic carbocycles. The van der Waals surface area contributed by atoms with Crippen molar-refractivity contribution < 1.29 is 0 Å². The number of hydrogen-bond donors (Lipinski definition) is 0. The van der Waals surface area contributed by atoms with Crippen LogP contribution in [0, 0.1) is 0 Å². The van der Waals surface area contributed by atoms with Gasteiger partial charge in [-0.25, -0.2) is 0 Å². The van der Waals surface area contributed by atoms with Gasteiger partial charge in [0.2, 0.25) is 0 Å². The van der Waals surface area contributed by atoms with Gasteiger partial charge in [0.05, 0.1) is 0 Å². The second kappa shape index (κ2) is 3.08. The summed E-state index contributed by atoms with van der Waals surface area (Å²) in [4.78, 5) is 0. The molecule has 60 valence electrons. The molecule has 0 unspecified atom stereocenters. The molecule has 1 heteroatoms. The van der Waals surface area contributed by atoms with E-state index in [9.17, 15) is 0 Å². The average molecular weight is 244 g/mol. The molecule has 0 saturated heterocycles. The van der Waals surface area contributed by atoms with Gasteiger partial charge in [0.25, 0.3) is 0 Å². The van der Waals surface area contributed by atoms with Gasteiger partial charge in [-0.15, -0.1) is 0 Å². The van der Waals surface area contributed by atoms with Crippen LogP contribution in [-0.2, 0) is 0 Å². The molecule has 0 aromatic heterocycles. The van der Waals surface area contributed by atoms with Gasteiger partial charge in [-0.3, -0.25) is 0 Å². The summed E-state index contributed by atoms with van der Waals surface area (Å²) in [5.74, 6) is 0. The van der Waals surface area contributed by atoms with Crippen molar-refractivity contribution in [2.24, 2.45) is 0 Å². The van der Waals surface area contributed by atoms with Crippen LogP contribution in [0.4, 0.5) is 0 Å². The summed E-state index contributed by atoms with van der Waals surface area (Å²) in [6.07, 6.45) is 0. The minimum atomic E-state index is -1.27. The number of hydrogen-bond acceptors (Lipinski definition) is 0. The van der Waals surface area contributed by atoms with Gasteiger partial charge in [0.15, 0.2) is 0 Å². The monoisotopic (exact) mass is 244 g/mol. The molecule has 0 amide bonds. The Labute approximate surface area is 73.9 Å². The third kappa shape index (κ3) is 3.32. The standard InChI is InChI=1S/2C4H9.CH3.In/c2*1-4(2)3;;/h2*1-3H3;1H3;. The quantitative estimate of drug-likeness (QED) is 0.609. The Morgan fingerprint density at radius 1 is 0.700 bits per heavy atom. The molecule has 0 fully saturated rings. The third-order valence-electron chi connectivity index (χ3n) is 2.60. The molecule has 0 radical (unpaired) electrons. The van der Waals surface area contributed by atoms with E-state index in [0.717, 1.165) is 0 Å². The van der Waals surface area contributed by atoms with E-state index in [4.69, 9.17) is 0 Å². The Balaban J connectivity index is 4.23. The van der Waals surface area contributed by atoms with Gasteiger partial charge >= 0.3 is 74.0 Å². The summed E-state index contributed by atoms with van der Waals surface area (Å²) in [5, 5.41) is 0. The van der Waals surface area contributed by atoms with Crippen molar-refractivity contribution in [1.82, 2.24) is 0 Å². The molecule has 0 aliphatic heterocycles. The molecule has 0 nitrogen and oxygen atoms in total. The third-order valence-corrected chi connectivity index (χ3v) is 17.4. The Morgan fingerprint density at radius 3 is 0.900 bits per heavy atom. The topological polar surface area (TPSA) is 0 Å². The molecule has 0 atom stereocenters. The number of rotatable bonds is 0. The van der Waals surface area contributed by atoms with Crippen LogP contribution in [-0.4, -0.2) is 21.4 Å². The molecule has 0 N–H and O–H groups in total. The van der Waals surface area contributed by atoms with E-state index in [-0.39, 0.29) is 0 Å². The molecule has 10 heavy (non-hydrogen) atoms. The van der Waals surface area contributed by atoms with Crippen molar-refractivity contribution in [2.75, 3.05) is 0 Å². The maximum atomic E-state index is 2.54. The van der Waals surface area contributed by atoms with E-state index in [0.29, 0.717) is 6.34 Å². The molecular formula is C9H21In. The minimum absolute atomic E-state index is 0.653. The maximum absolute atomic E-state index is 2.54. The molecule has 0 spiro atoms. The van der Waals surface area contributed by atoms with Crippen LogP contribution < -0.4 is 0 Å². The summed E-state index contributed by atoms with van der Waals surface area (Å²) < 4.78 is 3.85. The van der Waals surface area contributed by atoms with Gasteiger partial charge in [-0.05, 0) is 0 Å². The van der Waals surface area contributed by atoms with Crippen molar-refractivity contribution in [3.8, 4) is 0 Å². The summed E-state index contributed by atoms with van der Waals surface area (Å²) in [7, 11) is 0. The second-order valence-corrected chi connectivity index (χ2v) is 19.5. The first kappa shape index (κ1) is 10.9. The summed E-state index contributed by atoms with van der Waals surface area (Å²) >= 11 is -1.27. The molecule has 0 heterocycles. The van der Waals surface area contributed by atoms with Crippen LogP contribution in [0.3, 0.4) is 0 Å². The zero-order valence-electron chi connectivity index (χ0n) is 8.58. The van der Waals surface area contributed by atoms with Crippen molar-refractivity contribution in [1.29, 1.82) is 0 Å². The summed E-state index contributed by atoms with van der Waals surface area (Å²) in [5.41, 5.74) is 0. The predicted molar refractivity (Wildman–Crippen MR) is 51.0 cm³/mol. The van der Waals surface area contributed by atoms with Gasteiger partial charge in [0.1, 0.15) is 0 Å².